The van der Waals surface area contributed by atoms with Gasteiger partial charge in [-0.2, -0.15) is 5.10 Å². The minimum atomic E-state index is 0.679. The molecule has 0 radical (unpaired) electrons. The Hall–Kier alpha value is -2.55. The van der Waals surface area contributed by atoms with E-state index in [1.54, 1.807) is 0 Å². The van der Waals surface area contributed by atoms with E-state index in [4.69, 9.17) is 4.74 Å². The van der Waals surface area contributed by atoms with Gasteiger partial charge >= 0.3 is 0 Å². The van der Waals surface area contributed by atoms with Crippen molar-refractivity contribution in [3.8, 4) is 22.6 Å². The van der Waals surface area contributed by atoms with E-state index >= 15 is 0 Å². The summed E-state index contributed by atoms with van der Waals surface area (Å²) in [6, 6.07) is 16.4. The molecule has 0 aliphatic carbocycles. The molecule has 0 N–H and O–H groups in total. The summed E-state index contributed by atoms with van der Waals surface area (Å²) in [7, 11) is 0. The monoisotopic (exact) mass is 278 g/mol. The Morgan fingerprint density at radius 1 is 1.05 bits per heavy atom. The fraction of sp³-hybridized carbons (Fsp3) is 0.167. The molecular weight excluding hydrogens is 260 g/mol. The van der Waals surface area contributed by atoms with Gasteiger partial charge in [0.2, 0.25) is 0 Å². The second-order valence-corrected chi connectivity index (χ2v) is 4.97. The Morgan fingerprint density at radius 2 is 1.86 bits per heavy atom. The zero-order valence-electron chi connectivity index (χ0n) is 12.3. The highest BCUT2D eigenvalue weighted by Gasteiger charge is 2.04. The van der Waals surface area contributed by atoms with Gasteiger partial charge in [0.05, 0.1) is 18.5 Å². The molecule has 106 valence electrons. The summed E-state index contributed by atoms with van der Waals surface area (Å²) in [5, 5.41) is 4.44. The number of rotatable bonds is 4. The Labute approximate surface area is 124 Å². The fourth-order valence-electron chi connectivity index (χ4n) is 2.30. The maximum Gasteiger partial charge on any atom is 0.119 e. The maximum atomic E-state index is 5.45. The van der Waals surface area contributed by atoms with Crippen LogP contribution in [0.2, 0.25) is 0 Å². The van der Waals surface area contributed by atoms with E-state index in [2.05, 4.69) is 36.3 Å². The normalized spacial score (nSPS) is 10.6. The van der Waals surface area contributed by atoms with E-state index in [1.807, 2.05) is 48.3 Å². The first-order valence-electron chi connectivity index (χ1n) is 7.11. The molecule has 3 aromatic rings. The molecule has 0 saturated heterocycles. The van der Waals surface area contributed by atoms with Crippen molar-refractivity contribution in [3.63, 3.8) is 0 Å². The maximum absolute atomic E-state index is 5.45. The van der Waals surface area contributed by atoms with Gasteiger partial charge in [0.15, 0.2) is 0 Å². The van der Waals surface area contributed by atoms with Crippen molar-refractivity contribution in [2.75, 3.05) is 6.61 Å². The molecule has 0 saturated carbocycles. The van der Waals surface area contributed by atoms with Crippen LogP contribution in [0.25, 0.3) is 16.8 Å². The standard InChI is InChI=1S/C18H18N2O/c1-3-21-18-9-7-17(8-10-18)20-13-16(12-19-20)15-6-4-5-14(2)11-15/h4-13H,3H2,1-2H3. The molecule has 0 unspecified atom stereocenters. The predicted octanol–water partition coefficient (Wildman–Crippen LogP) is 4.25. The van der Waals surface area contributed by atoms with Crippen LogP contribution >= 0.6 is 0 Å². The molecule has 21 heavy (non-hydrogen) atoms. The fourth-order valence-corrected chi connectivity index (χ4v) is 2.30. The quantitative estimate of drug-likeness (QED) is 0.713. The molecule has 3 rings (SSSR count). The van der Waals surface area contributed by atoms with Crippen molar-refractivity contribution in [2.24, 2.45) is 0 Å². The summed E-state index contributed by atoms with van der Waals surface area (Å²) in [4.78, 5) is 0. The van der Waals surface area contributed by atoms with E-state index in [9.17, 15) is 0 Å². The van der Waals surface area contributed by atoms with E-state index in [-0.39, 0.29) is 0 Å². The first kappa shape index (κ1) is 13.4. The van der Waals surface area contributed by atoms with Gasteiger partial charge in [-0.05, 0) is 43.7 Å². The Bertz CT molecular complexity index is 729. The predicted molar refractivity (Wildman–Crippen MR) is 84.9 cm³/mol. The average molecular weight is 278 g/mol. The number of nitrogens with zero attached hydrogens (tertiary/aromatic N) is 2. The Balaban J connectivity index is 1.87. The SMILES string of the molecule is CCOc1ccc(-n2cc(-c3cccc(C)c3)cn2)cc1. The van der Waals surface area contributed by atoms with E-state index in [0.29, 0.717) is 6.61 Å². The van der Waals surface area contributed by atoms with Crippen LogP contribution in [0.3, 0.4) is 0 Å². The van der Waals surface area contributed by atoms with Gasteiger partial charge in [-0.1, -0.05) is 29.8 Å². The lowest BCUT2D eigenvalue weighted by Crippen LogP contribution is -1.95. The molecule has 0 spiro atoms. The summed E-state index contributed by atoms with van der Waals surface area (Å²) >= 11 is 0. The van der Waals surface area contributed by atoms with Crippen molar-refractivity contribution >= 4 is 0 Å². The number of ether oxygens (including phenoxy) is 1. The van der Waals surface area contributed by atoms with Gasteiger partial charge in [-0.25, -0.2) is 4.68 Å². The van der Waals surface area contributed by atoms with E-state index in [0.717, 1.165) is 17.0 Å². The molecule has 0 amide bonds. The summed E-state index contributed by atoms with van der Waals surface area (Å²) in [5.41, 5.74) is 4.58. The average Bonchev–Trinajstić information content (AvgIpc) is 2.98. The molecule has 2 aromatic carbocycles. The lowest BCUT2D eigenvalue weighted by atomic mass is 10.1. The van der Waals surface area contributed by atoms with Crippen molar-refractivity contribution in [3.05, 3.63) is 66.5 Å². The number of aryl methyl sites for hydroxylation is 1. The molecule has 3 heteroatoms. The molecule has 0 aliphatic heterocycles. The van der Waals surface area contributed by atoms with Gasteiger partial charge in [0, 0.05) is 11.8 Å². The number of benzene rings is 2. The summed E-state index contributed by atoms with van der Waals surface area (Å²) < 4.78 is 7.34. The van der Waals surface area contributed by atoms with Crippen LogP contribution in [0.15, 0.2) is 60.9 Å². The minimum absolute atomic E-state index is 0.679. The van der Waals surface area contributed by atoms with E-state index < -0.39 is 0 Å². The first-order valence-corrected chi connectivity index (χ1v) is 7.11. The van der Waals surface area contributed by atoms with Crippen LogP contribution in [0.4, 0.5) is 0 Å². The van der Waals surface area contributed by atoms with Crippen molar-refractivity contribution in [1.29, 1.82) is 0 Å². The highest BCUT2D eigenvalue weighted by molar-refractivity contribution is 5.63. The highest BCUT2D eigenvalue weighted by atomic mass is 16.5. The summed E-state index contributed by atoms with van der Waals surface area (Å²) in [5.74, 6) is 0.882. The molecule has 0 atom stereocenters. The van der Waals surface area contributed by atoms with Crippen LogP contribution < -0.4 is 4.74 Å². The third kappa shape index (κ3) is 2.97. The van der Waals surface area contributed by atoms with Crippen molar-refractivity contribution in [2.45, 2.75) is 13.8 Å². The third-order valence-corrected chi connectivity index (χ3v) is 3.35. The van der Waals surface area contributed by atoms with Crippen LogP contribution in [-0.2, 0) is 0 Å². The Kier molecular flexibility index (Phi) is 3.73. The zero-order valence-corrected chi connectivity index (χ0v) is 12.3. The first-order chi connectivity index (χ1) is 10.3. The molecular formula is C18H18N2O. The second-order valence-electron chi connectivity index (χ2n) is 4.97. The van der Waals surface area contributed by atoms with Crippen molar-refractivity contribution in [1.82, 2.24) is 9.78 Å². The van der Waals surface area contributed by atoms with Gasteiger partial charge in [-0.15, -0.1) is 0 Å². The van der Waals surface area contributed by atoms with Crippen LogP contribution in [0.5, 0.6) is 5.75 Å². The highest BCUT2D eigenvalue weighted by Crippen LogP contribution is 2.22. The van der Waals surface area contributed by atoms with Gasteiger partial charge < -0.3 is 4.74 Å². The van der Waals surface area contributed by atoms with Gasteiger partial charge in [-0.3, -0.25) is 0 Å². The molecule has 3 nitrogen and oxygen atoms in total. The molecule has 0 bridgehead atoms. The van der Waals surface area contributed by atoms with E-state index in [1.165, 1.54) is 11.1 Å². The summed E-state index contributed by atoms with van der Waals surface area (Å²) in [6.45, 7) is 4.76. The van der Waals surface area contributed by atoms with Crippen LogP contribution in [0, 0.1) is 6.92 Å². The smallest absolute Gasteiger partial charge is 0.119 e. The number of hydrogen-bond acceptors (Lipinski definition) is 2. The molecule has 0 aliphatic rings. The van der Waals surface area contributed by atoms with Crippen LogP contribution in [-0.4, -0.2) is 16.4 Å². The summed E-state index contributed by atoms with van der Waals surface area (Å²) in [6.07, 6.45) is 3.94. The largest absolute Gasteiger partial charge is 0.494 e. The number of hydrogen-bond donors (Lipinski definition) is 0. The molecule has 1 aromatic heterocycles. The van der Waals surface area contributed by atoms with Gasteiger partial charge in [0.1, 0.15) is 5.75 Å². The lowest BCUT2D eigenvalue weighted by molar-refractivity contribution is 0.340. The minimum Gasteiger partial charge on any atom is -0.494 e. The third-order valence-electron chi connectivity index (χ3n) is 3.35. The molecule has 0 fully saturated rings. The molecule has 1 heterocycles. The number of aromatic nitrogens is 2. The Morgan fingerprint density at radius 3 is 2.57 bits per heavy atom. The topological polar surface area (TPSA) is 27.1 Å². The van der Waals surface area contributed by atoms with Gasteiger partial charge in [0.25, 0.3) is 0 Å². The van der Waals surface area contributed by atoms with Crippen molar-refractivity contribution < 1.29 is 4.74 Å². The lowest BCUT2D eigenvalue weighted by Gasteiger charge is -2.05. The second kappa shape index (κ2) is 5.83. The van der Waals surface area contributed by atoms with Crippen LogP contribution in [0.1, 0.15) is 12.5 Å². The zero-order chi connectivity index (χ0) is 14.7.